The number of carbonyl (C=O) groups is 3. The van der Waals surface area contributed by atoms with Crippen LogP contribution in [0.5, 0.6) is 0 Å². The Morgan fingerprint density at radius 3 is 1.96 bits per heavy atom. The Bertz CT molecular complexity index is 567. The summed E-state index contributed by atoms with van der Waals surface area (Å²) < 4.78 is 0. The van der Waals surface area contributed by atoms with Crippen molar-refractivity contribution in [3.05, 3.63) is 20.9 Å². The molecule has 10 nitrogen and oxygen atoms in total. The van der Waals surface area contributed by atoms with Crippen LogP contribution in [0.3, 0.4) is 0 Å². The lowest BCUT2D eigenvalue weighted by atomic mass is 10.1. The van der Waals surface area contributed by atoms with Crippen LogP contribution in [0.1, 0.15) is 84.0 Å². The van der Waals surface area contributed by atoms with Gasteiger partial charge in [0.05, 0.1) is 6.04 Å². The Hall–Kier alpha value is -2.57. The molecule has 0 aliphatic rings. The van der Waals surface area contributed by atoms with E-state index in [0.29, 0.717) is 6.42 Å². The first-order chi connectivity index (χ1) is 13.0. The number of carbonyl (C=O) groups excluding carboxylic acids is 3. The number of amides is 3. The van der Waals surface area contributed by atoms with Gasteiger partial charge in [-0.1, -0.05) is 58.3 Å². The fourth-order valence-electron chi connectivity index (χ4n) is 2.60. The van der Waals surface area contributed by atoms with Crippen LogP contribution in [-0.4, -0.2) is 23.8 Å². The van der Waals surface area contributed by atoms with Crippen molar-refractivity contribution < 1.29 is 14.4 Å². The lowest BCUT2D eigenvalue weighted by molar-refractivity contribution is -0.128. The topological polar surface area (TPSA) is 161 Å². The molecule has 0 heterocycles. The highest BCUT2D eigenvalue weighted by atomic mass is 16.2. The molecule has 1 atom stereocenters. The summed E-state index contributed by atoms with van der Waals surface area (Å²) in [5, 5.41) is 8.35. The van der Waals surface area contributed by atoms with Crippen molar-refractivity contribution in [2.75, 3.05) is 0 Å². The van der Waals surface area contributed by atoms with Gasteiger partial charge in [0.2, 0.25) is 17.7 Å². The van der Waals surface area contributed by atoms with Gasteiger partial charge in [-0.05, 0) is 34.1 Å². The smallest absolute Gasteiger partial charge is 0.241 e. The van der Waals surface area contributed by atoms with Gasteiger partial charge in [-0.25, -0.2) is 0 Å². The Labute approximate surface area is 159 Å². The van der Waals surface area contributed by atoms with E-state index in [4.69, 9.17) is 11.1 Å². The molecule has 1 N–H and O–H groups in total. The van der Waals surface area contributed by atoms with Crippen LogP contribution in [0.2, 0.25) is 0 Å². The molecular formula is C17H29N7O3. The normalized spacial score (nSPS) is 11.0. The number of nitrogens with zero attached hydrogens (tertiary/aromatic N) is 6. The monoisotopic (exact) mass is 379 g/mol. The molecule has 27 heavy (non-hydrogen) atoms. The summed E-state index contributed by atoms with van der Waals surface area (Å²) in [6, 6.07) is -1.09. The Morgan fingerprint density at radius 1 is 0.852 bits per heavy atom. The Kier molecular flexibility index (Phi) is 15.3. The molecule has 0 fully saturated rings. The maximum atomic E-state index is 12.0. The summed E-state index contributed by atoms with van der Waals surface area (Å²) in [5.74, 6) is -1.95. The summed E-state index contributed by atoms with van der Waals surface area (Å²) in [6.07, 6.45) is 10.1. The van der Waals surface area contributed by atoms with Gasteiger partial charge >= 0.3 is 0 Å². The predicted molar refractivity (Wildman–Crippen MR) is 101 cm³/mol. The van der Waals surface area contributed by atoms with Crippen LogP contribution in [0, 0.1) is 0 Å². The minimum absolute atomic E-state index is 0.0841. The summed E-state index contributed by atoms with van der Waals surface area (Å²) in [6.45, 7) is 2.19. The maximum Gasteiger partial charge on any atom is 0.241 e. The largest absolute Gasteiger partial charge is 0.346 e. The minimum atomic E-state index is -1.09. The first kappa shape index (κ1) is 24.4. The third-order valence-corrected chi connectivity index (χ3v) is 4.09. The highest BCUT2D eigenvalue weighted by Crippen LogP contribution is 2.11. The van der Waals surface area contributed by atoms with E-state index in [2.05, 4.69) is 32.3 Å². The maximum absolute atomic E-state index is 12.0. The molecule has 0 aromatic carbocycles. The second-order valence-electron chi connectivity index (χ2n) is 6.35. The number of hydrogen-bond donors (Lipinski definition) is 1. The van der Waals surface area contributed by atoms with Gasteiger partial charge in [-0.2, -0.15) is 0 Å². The van der Waals surface area contributed by atoms with Gasteiger partial charge in [-0.3, -0.25) is 14.4 Å². The molecule has 3 amide bonds. The zero-order chi connectivity index (χ0) is 20.3. The lowest BCUT2D eigenvalue weighted by Gasteiger charge is -2.14. The Balaban J connectivity index is 4.13. The van der Waals surface area contributed by atoms with Crippen molar-refractivity contribution in [3.8, 4) is 0 Å². The van der Waals surface area contributed by atoms with Crippen molar-refractivity contribution in [2.24, 2.45) is 10.2 Å². The quantitative estimate of drug-likeness (QED) is 0.187. The Morgan fingerprint density at radius 2 is 1.41 bits per heavy atom. The van der Waals surface area contributed by atoms with Crippen LogP contribution < -0.4 is 5.32 Å². The number of nitrogens with one attached hydrogen (secondary N) is 1. The third kappa shape index (κ3) is 14.3. The molecule has 0 aliphatic carbocycles. The molecule has 0 aromatic rings. The summed E-state index contributed by atoms with van der Waals surface area (Å²) in [4.78, 5) is 39.7. The van der Waals surface area contributed by atoms with Gasteiger partial charge < -0.3 is 5.32 Å². The highest BCUT2D eigenvalue weighted by molar-refractivity contribution is 5.88. The fraction of sp³-hybridized carbons (Fsp3) is 0.824. The van der Waals surface area contributed by atoms with Crippen LogP contribution >= 0.6 is 0 Å². The molecule has 0 unspecified atom stereocenters. The number of azide groups is 2. The van der Waals surface area contributed by atoms with E-state index in [-0.39, 0.29) is 25.2 Å². The lowest BCUT2D eigenvalue weighted by Crippen LogP contribution is -2.40. The van der Waals surface area contributed by atoms with Crippen molar-refractivity contribution >= 4 is 17.7 Å². The van der Waals surface area contributed by atoms with Gasteiger partial charge in [0, 0.05) is 22.7 Å². The van der Waals surface area contributed by atoms with Crippen molar-refractivity contribution in [2.45, 2.75) is 90.0 Å². The first-order valence-electron chi connectivity index (χ1n) is 9.51. The summed E-state index contributed by atoms with van der Waals surface area (Å²) in [5.41, 5.74) is 16.6. The molecule has 0 aliphatic heterocycles. The average molecular weight is 379 g/mol. The van der Waals surface area contributed by atoms with E-state index in [1.165, 1.54) is 32.1 Å². The molecule has 10 heteroatoms. The summed E-state index contributed by atoms with van der Waals surface area (Å²) >= 11 is 0. The van der Waals surface area contributed by atoms with Crippen LogP contribution in [0.4, 0.5) is 0 Å². The molecule has 0 rings (SSSR count). The fourth-order valence-corrected chi connectivity index (χ4v) is 2.60. The molecule has 0 spiro atoms. The zero-order valence-corrected chi connectivity index (χ0v) is 16.0. The van der Waals surface area contributed by atoms with Crippen LogP contribution in [0.25, 0.3) is 20.9 Å². The first-order valence-corrected chi connectivity index (χ1v) is 9.51. The number of unbranched alkanes of at least 4 members (excludes halogenated alkanes) is 8. The van der Waals surface area contributed by atoms with Crippen molar-refractivity contribution in [3.63, 3.8) is 0 Å². The molecular weight excluding hydrogens is 350 g/mol. The molecule has 0 radical (unpaired) electrons. The number of hydrogen-bond acceptors (Lipinski definition) is 3. The van der Waals surface area contributed by atoms with Crippen molar-refractivity contribution in [1.29, 1.82) is 0 Å². The van der Waals surface area contributed by atoms with E-state index in [0.717, 1.165) is 19.3 Å². The molecule has 150 valence electrons. The van der Waals surface area contributed by atoms with Crippen molar-refractivity contribution in [1.82, 2.24) is 5.32 Å². The minimum Gasteiger partial charge on any atom is -0.346 e. The van der Waals surface area contributed by atoms with Crippen LogP contribution in [0.15, 0.2) is 10.2 Å². The molecule has 0 bridgehead atoms. The third-order valence-electron chi connectivity index (χ3n) is 4.09. The second kappa shape index (κ2) is 16.9. The van der Waals surface area contributed by atoms with E-state index in [9.17, 15) is 14.4 Å². The molecule has 0 saturated carbocycles. The van der Waals surface area contributed by atoms with Gasteiger partial charge in [0.15, 0.2) is 0 Å². The van der Waals surface area contributed by atoms with Gasteiger partial charge in [-0.15, -0.1) is 0 Å². The standard InChI is InChI=1S/C17H29N7O3/c1-2-3-4-5-6-7-8-9-10-11-15(25)20-14(17(27)22-24-19)12-13-16(26)21-23-18/h14H,2-13H2,1H3,(H,20,25)/t14-/m0/s1. The summed E-state index contributed by atoms with van der Waals surface area (Å²) in [7, 11) is 0. The van der Waals surface area contributed by atoms with Gasteiger partial charge in [0.25, 0.3) is 0 Å². The van der Waals surface area contributed by atoms with E-state index < -0.39 is 17.9 Å². The predicted octanol–water partition coefficient (Wildman–Crippen LogP) is 4.85. The number of rotatable bonds is 15. The zero-order valence-electron chi connectivity index (χ0n) is 16.0. The molecule has 0 saturated heterocycles. The molecule has 0 aromatic heterocycles. The SMILES string of the molecule is CCCCCCCCCCCC(=O)N[C@@H](CCC(=O)N=[N+]=[N-])C(=O)N=[N+]=[N-]. The van der Waals surface area contributed by atoms with Crippen LogP contribution in [-0.2, 0) is 14.4 Å². The van der Waals surface area contributed by atoms with Gasteiger partial charge in [0.1, 0.15) is 0 Å². The second-order valence-corrected chi connectivity index (χ2v) is 6.35. The average Bonchev–Trinajstić information content (AvgIpc) is 2.64. The van der Waals surface area contributed by atoms with E-state index in [1.54, 1.807) is 0 Å². The highest BCUT2D eigenvalue weighted by Gasteiger charge is 2.20. The van der Waals surface area contributed by atoms with E-state index in [1.807, 2.05) is 0 Å². The van der Waals surface area contributed by atoms with E-state index >= 15 is 0 Å².